The van der Waals surface area contributed by atoms with E-state index in [1.165, 1.54) is 4.90 Å². The topological polar surface area (TPSA) is 142 Å². The Bertz CT molecular complexity index is 851. The first-order chi connectivity index (χ1) is 16.1. The second kappa shape index (κ2) is 13.3. The van der Waals surface area contributed by atoms with Crippen molar-refractivity contribution in [3.05, 3.63) is 35.9 Å². The van der Waals surface area contributed by atoms with E-state index in [4.69, 9.17) is 5.73 Å². The van der Waals surface area contributed by atoms with Crippen LogP contribution in [0, 0.1) is 5.92 Å². The van der Waals surface area contributed by atoms with Crippen LogP contribution in [0.4, 0.5) is 0 Å². The second-order valence-electron chi connectivity index (χ2n) is 8.90. The maximum absolute atomic E-state index is 13.4. The SMILES string of the molecule is CSCCC(NC(=O)C(N)Cc1ccccc1)C(=O)N1CCCC1C(=O)NC(C(=O)O)C(C)C. The molecule has 0 aliphatic carbocycles. The van der Waals surface area contributed by atoms with Gasteiger partial charge in [-0.15, -0.1) is 0 Å². The summed E-state index contributed by atoms with van der Waals surface area (Å²) < 4.78 is 0. The van der Waals surface area contributed by atoms with Gasteiger partial charge in [0.05, 0.1) is 6.04 Å². The number of hydrogen-bond acceptors (Lipinski definition) is 6. The number of benzene rings is 1. The molecule has 0 spiro atoms. The maximum atomic E-state index is 13.4. The largest absolute Gasteiger partial charge is 0.480 e. The summed E-state index contributed by atoms with van der Waals surface area (Å²) in [5, 5.41) is 14.8. The molecular formula is C24H36N4O5S. The molecule has 0 radical (unpaired) electrons. The molecule has 4 unspecified atom stereocenters. The van der Waals surface area contributed by atoms with Crippen LogP contribution < -0.4 is 16.4 Å². The zero-order valence-electron chi connectivity index (χ0n) is 20.0. The Labute approximate surface area is 205 Å². The van der Waals surface area contributed by atoms with Crippen molar-refractivity contribution in [2.45, 2.75) is 63.7 Å². The number of nitrogens with one attached hydrogen (secondary N) is 2. The highest BCUT2D eigenvalue weighted by Crippen LogP contribution is 2.20. The van der Waals surface area contributed by atoms with Gasteiger partial charge in [0.1, 0.15) is 18.1 Å². The first-order valence-electron chi connectivity index (χ1n) is 11.6. The number of aliphatic carboxylic acids is 1. The van der Waals surface area contributed by atoms with Crippen LogP contribution in [0.25, 0.3) is 0 Å². The quantitative estimate of drug-likeness (QED) is 0.341. The van der Waals surface area contributed by atoms with E-state index in [1.54, 1.807) is 25.6 Å². The molecule has 2 rings (SSSR count). The van der Waals surface area contributed by atoms with Crippen molar-refractivity contribution in [2.24, 2.45) is 11.7 Å². The maximum Gasteiger partial charge on any atom is 0.326 e. The van der Waals surface area contributed by atoms with E-state index in [2.05, 4.69) is 10.6 Å². The van der Waals surface area contributed by atoms with E-state index in [0.717, 1.165) is 5.56 Å². The Kier molecular flexibility index (Phi) is 10.8. The zero-order valence-corrected chi connectivity index (χ0v) is 20.8. The number of amides is 3. The van der Waals surface area contributed by atoms with E-state index in [-0.39, 0.29) is 11.8 Å². The highest BCUT2D eigenvalue weighted by atomic mass is 32.2. The molecule has 5 N–H and O–H groups in total. The second-order valence-corrected chi connectivity index (χ2v) is 9.88. The van der Waals surface area contributed by atoms with Crippen LogP contribution >= 0.6 is 11.8 Å². The Morgan fingerprint density at radius 3 is 2.44 bits per heavy atom. The van der Waals surface area contributed by atoms with E-state index in [9.17, 15) is 24.3 Å². The van der Waals surface area contributed by atoms with Gasteiger partial charge in [0.15, 0.2) is 0 Å². The molecule has 4 atom stereocenters. The Morgan fingerprint density at radius 2 is 1.85 bits per heavy atom. The summed E-state index contributed by atoms with van der Waals surface area (Å²) in [4.78, 5) is 52.0. The van der Waals surface area contributed by atoms with E-state index in [0.29, 0.717) is 38.0 Å². The Hall–Kier alpha value is -2.59. The molecule has 1 aliphatic heterocycles. The van der Waals surface area contributed by atoms with E-state index in [1.807, 2.05) is 36.6 Å². The number of hydrogen-bond donors (Lipinski definition) is 4. The summed E-state index contributed by atoms with van der Waals surface area (Å²) in [5.74, 6) is -2.02. The highest BCUT2D eigenvalue weighted by Gasteiger charge is 2.39. The fraction of sp³-hybridized carbons (Fsp3) is 0.583. The van der Waals surface area contributed by atoms with Gasteiger partial charge in [-0.3, -0.25) is 14.4 Å². The molecule has 1 fully saturated rings. The number of thioether (sulfide) groups is 1. The summed E-state index contributed by atoms with van der Waals surface area (Å²) in [6.45, 7) is 3.80. The molecule has 188 valence electrons. The molecule has 0 aromatic heterocycles. The van der Waals surface area contributed by atoms with Gasteiger partial charge in [0, 0.05) is 6.54 Å². The predicted molar refractivity (Wildman–Crippen MR) is 132 cm³/mol. The number of carboxylic acid groups (broad SMARTS) is 1. The van der Waals surface area contributed by atoms with E-state index < -0.39 is 42.0 Å². The normalized spacial score (nSPS) is 18.3. The lowest BCUT2D eigenvalue weighted by atomic mass is 10.0. The molecule has 1 aromatic rings. The van der Waals surface area contributed by atoms with Crippen LogP contribution in [0.15, 0.2) is 30.3 Å². The number of carboxylic acids is 1. The number of nitrogens with two attached hydrogens (primary N) is 1. The standard InChI is InChI=1S/C24H36N4O5S/c1-15(2)20(24(32)33)27-22(30)19-10-7-12-28(19)23(31)18(11-13-34-3)26-21(29)17(25)14-16-8-5-4-6-9-16/h4-6,8-9,15,17-20H,7,10-14,25H2,1-3H3,(H,26,29)(H,27,30)(H,32,33). The lowest BCUT2D eigenvalue weighted by Crippen LogP contribution is -2.57. The summed E-state index contributed by atoms with van der Waals surface area (Å²) >= 11 is 1.55. The third-order valence-electron chi connectivity index (χ3n) is 5.93. The molecule has 10 heteroatoms. The van der Waals surface area contributed by atoms with Gasteiger partial charge in [-0.1, -0.05) is 44.2 Å². The average molecular weight is 493 g/mol. The van der Waals surface area contributed by atoms with Crippen LogP contribution in [0.1, 0.15) is 38.7 Å². The summed E-state index contributed by atoms with van der Waals surface area (Å²) in [6.07, 6.45) is 3.72. The van der Waals surface area contributed by atoms with Crippen molar-refractivity contribution in [1.82, 2.24) is 15.5 Å². The molecule has 34 heavy (non-hydrogen) atoms. The van der Waals surface area contributed by atoms with Crippen molar-refractivity contribution in [2.75, 3.05) is 18.6 Å². The van der Waals surface area contributed by atoms with Crippen LogP contribution in [0.3, 0.4) is 0 Å². The molecule has 3 amide bonds. The first-order valence-corrected chi connectivity index (χ1v) is 13.0. The molecule has 1 aliphatic rings. The number of rotatable bonds is 12. The number of nitrogens with zero attached hydrogens (tertiary/aromatic N) is 1. The van der Waals surface area contributed by atoms with E-state index >= 15 is 0 Å². The third kappa shape index (κ3) is 7.73. The van der Waals surface area contributed by atoms with Gasteiger partial charge in [0.25, 0.3) is 0 Å². The lowest BCUT2D eigenvalue weighted by molar-refractivity contribution is -0.145. The number of carbonyl (C=O) groups excluding carboxylic acids is 3. The van der Waals surface area contributed by atoms with Gasteiger partial charge in [0.2, 0.25) is 17.7 Å². The van der Waals surface area contributed by atoms with Crippen LogP contribution in [-0.2, 0) is 25.6 Å². The minimum Gasteiger partial charge on any atom is -0.480 e. The number of carbonyl (C=O) groups is 4. The van der Waals surface area contributed by atoms with Crippen molar-refractivity contribution in [1.29, 1.82) is 0 Å². The van der Waals surface area contributed by atoms with Crippen LogP contribution in [0.2, 0.25) is 0 Å². The first kappa shape index (κ1) is 27.7. The van der Waals surface area contributed by atoms with Gasteiger partial charge in [-0.05, 0) is 49.2 Å². The van der Waals surface area contributed by atoms with Gasteiger partial charge in [-0.2, -0.15) is 11.8 Å². The molecule has 1 aromatic carbocycles. The van der Waals surface area contributed by atoms with Gasteiger partial charge >= 0.3 is 5.97 Å². The van der Waals surface area contributed by atoms with Crippen molar-refractivity contribution < 1.29 is 24.3 Å². The summed E-state index contributed by atoms with van der Waals surface area (Å²) in [5.41, 5.74) is 7.03. The third-order valence-corrected chi connectivity index (χ3v) is 6.57. The Balaban J connectivity index is 2.09. The summed E-state index contributed by atoms with van der Waals surface area (Å²) in [7, 11) is 0. The summed E-state index contributed by atoms with van der Waals surface area (Å²) in [6, 6.07) is 5.98. The fourth-order valence-corrected chi connectivity index (χ4v) is 4.47. The van der Waals surface area contributed by atoms with Crippen LogP contribution in [0.5, 0.6) is 0 Å². The predicted octanol–water partition coefficient (Wildman–Crippen LogP) is 1.01. The molecule has 0 bridgehead atoms. The molecule has 0 saturated carbocycles. The van der Waals surface area contributed by atoms with Gasteiger partial charge in [-0.25, -0.2) is 4.79 Å². The Morgan fingerprint density at radius 1 is 1.18 bits per heavy atom. The molecule has 1 saturated heterocycles. The fourth-order valence-electron chi connectivity index (χ4n) is 4.00. The van der Waals surface area contributed by atoms with Crippen molar-refractivity contribution in [3.8, 4) is 0 Å². The van der Waals surface area contributed by atoms with Crippen molar-refractivity contribution >= 4 is 35.5 Å². The minimum absolute atomic E-state index is 0.299. The molecular weight excluding hydrogens is 456 g/mol. The smallest absolute Gasteiger partial charge is 0.326 e. The molecule has 9 nitrogen and oxygen atoms in total. The minimum atomic E-state index is -1.11. The lowest BCUT2D eigenvalue weighted by Gasteiger charge is -2.30. The zero-order chi connectivity index (χ0) is 25.3. The van der Waals surface area contributed by atoms with Crippen molar-refractivity contribution in [3.63, 3.8) is 0 Å². The van der Waals surface area contributed by atoms with Gasteiger partial charge < -0.3 is 26.4 Å². The number of likely N-dealkylation sites (tertiary alicyclic amines) is 1. The average Bonchev–Trinajstić information content (AvgIpc) is 3.29. The monoisotopic (exact) mass is 492 g/mol. The highest BCUT2D eigenvalue weighted by molar-refractivity contribution is 7.98. The molecule has 1 heterocycles. The van der Waals surface area contributed by atoms with Crippen LogP contribution in [-0.4, -0.2) is 76.4 Å².